The van der Waals surface area contributed by atoms with E-state index in [-0.39, 0.29) is 0 Å². The maximum atomic E-state index is 5.91. The summed E-state index contributed by atoms with van der Waals surface area (Å²) in [6, 6.07) is 16.7. The van der Waals surface area contributed by atoms with Crippen LogP contribution < -0.4 is 0 Å². The molecular weight excluding hydrogens is 228 g/mol. The highest BCUT2D eigenvalue weighted by molar-refractivity contribution is 6.30. The van der Waals surface area contributed by atoms with Gasteiger partial charge in [0.2, 0.25) is 0 Å². The molecule has 87 valence electrons. The molecule has 0 aliphatic carbocycles. The van der Waals surface area contributed by atoms with Crippen LogP contribution in [0.1, 0.15) is 29.0 Å². The van der Waals surface area contributed by atoms with Crippen LogP contribution in [0.2, 0.25) is 5.02 Å². The maximum Gasteiger partial charge on any atom is 0.0406 e. The van der Waals surface area contributed by atoms with Gasteiger partial charge >= 0.3 is 0 Å². The first-order valence-electron chi connectivity index (χ1n) is 5.82. The lowest BCUT2D eigenvalue weighted by Gasteiger charge is -2.16. The van der Waals surface area contributed by atoms with E-state index < -0.39 is 0 Å². The van der Waals surface area contributed by atoms with Gasteiger partial charge in [0, 0.05) is 10.9 Å². The molecule has 1 radical (unpaired) electrons. The van der Waals surface area contributed by atoms with Crippen LogP contribution in [-0.4, -0.2) is 0 Å². The normalized spacial score (nSPS) is 12.4. The number of aryl methyl sites for hydroxylation is 1. The van der Waals surface area contributed by atoms with E-state index in [1.165, 1.54) is 16.7 Å². The highest BCUT2D eigenvalue weighted by Crippen LogP contribution is 2.28. The van der Waals surface area contributed by atoms with E-state index in [4.69, 9.17) is 11.6 Å². The molecule has 0 aromatic heterocycles. The molecule has 0 fully saturated rings. The van der Waals surface area contributed by atoms with Crippen LogP contribution >= 0.6 is 11.6 Å². The van der Waals surface area contributed by atoms with Crippen LogP contribution in [0.3, 0.4) is 0 Å². The first kappa shape index (κ1) is 12.2. The summed E-state index contributed by atoms with van der Waals surface area (Å²) in [5, 5.41) is 0.778. The van der Waals surface area contributed by atoms with Gasteiger partial charge in [0.1, 0.15) is 0 Å². The summed E-state index contributed by atoms with van der Waals surface area (Å²) in [6.45, 7) is 6.15. The van der Waals surface area contributed by atoms with Crippen LogP contribution in [0.5, 0.6) is 0 Å². The standard InChI is InChI=1S/C16H16Cl/c1-3-16(13-6-4-12(2)5-7-13)14-8-10-15(17)11-9-14/h4-11,16H,1,3H2,2H3/t16-/m0/s1. The van der Waals surface area contributed by atoms with E-state index >= 15 is 0 Å². The van der Waals surface area contributed by atoms with Gasteiger partial charge in [-0.1, -0.05) is 60.5 Å². The van der Waals surface area contributed by atoms with Gasteiger partial charge < -0.3 is 0 Å². The molecule has 0 unspecified atom stereocenters. The van der Waals surface area contributed by atoms with E-state index in [1.54, 1.807) is 0 Å². The Morgan fingerprint density at radius 3 is 1.88 bits per heavy atom. The molecule has 0 saturated heterocycles. The molecule has 0 bridgehead atoms. The van der Waals surface area contributed by atoms with Crippen molar-refractivity contribution in [2.45, 2.75) is 19.3 Å². The molecule has 0 aliphatic rings. The topological polar surface area (TPSA) is 0 Å². The van der Waals surface area contributed by atoms with Crippen molar-refractivity contribution in [3.63, 3.8) is 0 Å². The zero-order valence-corrected chi connectivity index (χ0v) is 10.7. The molecule has 2 aromatic rings. The Bertz CT molecular complexity index is 422. The second-order valence-electron chi connectivity index (χ2n) is 4.30. The van der Waals surface area contributed by atoms with Crippen molar-refractivity contribution in [1.29, 1.82) is 0 Å². The minimum atomic E-state index is 0.355. The smallest absolute Gasteiger partial charge is 0.0406 e. The van der Waals surface area contributed by atoms with Gasteiger partial charge in [-0.05, 0) is 36.6 Å². The third-order valence-electron chi connectivity index (χ3n) is 3.04. The molecule has 2 aromatic carbocycles. The van der Waals surface area contributed by atoms with Crippen molar-refractivity contribution in [2.24, 2.45) is 0 Å². The summed E-state index contributed by atoms with van der Waals surface area (Å²) in [5.41, 5.74) is 3.87. The number of benzene rings is 2. The van der Waals surface area contributed by atoms with Crippen LogP contribution in [0.4, 0.5) is 0 Å². The van der Waals surface area contributed by atoms with Crippen molar-refractivity contribution in [3.8, 4) is 0 Å². The summed E-state index contributed by atoms with van der Waals surface area (Å²) in [7, 11) is 0. The van der Waals surface area contributed by atoms with Crippen LogP contribution in [0, 0.1) is 13.8 Å². The molecule has 0 spiro atoms. The second-order valence-corrected chi connectivity index (χ2v) is 4.74. The second kappa shape index (κ2) is 5.37. The van der Waals surface area contributed by atoms with Gasteiger partial charge in [-0.3, -0.25) is 0 Å². The molecule has 1 heteroatoms. The van der Waals surface area contributed by atoms with Crippen molar-refractivity contribution < 1.29 is 0 Å². The zero-order chi connectivity index (χ0) is 12.3. The number of hydrogen-bond donors (Lipinski definition) is 0. The van der Waals surface area contributed by atoms with Gasteiger partial charge in [-0.2, -0.15) is 0 Å². The Morgan fingerprint density at radius 2 is 1.41 bits per heavy atom. The fourth-order valence-corrected chi connectivity index (χ4v) is 2.15. The molecule has 0 saturated carbocycles. The number of rotatable bonds is 3. The molecule has 2 rings (SSSR count). The average Bonchev–Trinajstić information content (AvgIpc) is 2.35. The lowest BCUT2D eigenvalue weighted by Crippen LogP contribution is -1.99. The molecule has 0 N–H and O–H groups in total. The summed E-state index contributed by atoms with van der Waals surface area (Å²) in [4.78, 5) is 0. The lowest BCUT2D eigenvalue weighted by molar-refractivity contribution is 0.827. The molecular formula is C16H16Cl. The summed E-state index contributed by atoms with van der Waals surface area (Å²) >= 11 is 5.91. The van der Waals surface area contributed by atoms with Crippen molar-refractivity contribution >= 4 is 11.6 Å². The fraction of sp³-hybridized carbons (Fsp3) is 0.188. The quantitative estimate of drug-likeness (QED) is 0.711. The molecule has 17 heavy (non-hydrogen) atoms. The highest BCUT2D eigenvalue weighted by Gasteiger charge is 2.11. The van der Waals surface area contributed by atoms with Gasteiger partial charge in [-0.25, -0.2) is 0 Å². The largest absolute Gasteiger partial charge is 0.0843 e. The van der Waals surface area contributed by atoms with Crippen molar-refractivity contribution in [1.82, 2.24) is 0 Å². The van der Waals surface area contributed by atoms with Crippen LogP contribution in [0.15, 0.2) is 48.5 Å². The van der Waals surface area contributed by atoms with E-state index in [0.717, 1.165) is 11.4 Å². The molecule has 1 atom stereocenters. The third kappa shape index (κ3) is 2.89. The zero-order valence-electron chi connectivity index (χ0n) is 9.99. The molecule has 0 heterocycles. The number of halogens is 1. The van der Waals surface area contributed by atoms with Crippen LogP contribution in [0.25, 0.3) is 0 Å². The molecule has 0 nitrogen and oxygen atoms in total. The monoisotopic (exact) mass is 243 g/mol. The predicted molar refractivity (Wildman–Crippen MR) is 74.4 cm³/mol. The van der Waals surface area contributed by atoms with E-state index in [9.17, 15) is 0 Å². The SMILES string of the molecule is [CH2]C[C@@H](c1ccc(C)cc1)c1ccc(Cl)cc1. The maximum absolute atomic E-state index is 5.91. The minimum absolute atomic E-state index is 0.355. The minimum Gasteiger partial charge on any atom is -0.0843 e. The van der Waals surface area contributed by atoms with Gasteiger partial charge in [-0.15, -0.1) is 0 Å². The van der Waals surface area contributed by atoms with Gasteiger partial charge in [0.05, 0.1) is 0 Å². The fourth-order valence-electron chi connectivity index (χ4n) is 2.02. The Labute approximate surface area is 108 Å². The van der Waals surface area contributed by atoms with Crippen LogP contribution in [-0.2, 0) is 0 Å². The van der Waals surface area contributed by atoms with Crippen molar-refractivity contribution in [2.75, 3.05) is 0 Å². The summed E-state index contributed by atoms with van der Waals surface area (Å²) in [6.07, 6.45) is 0.852. The van der Waals surface area contributed by atoms with Gasteiger partial charge in [0.15, 0.2) is 0 Å². The number of hydrogen-bond acceptors (Lipinski definition) is 0. The summed E-state index contributed by atoms with van der Waals surface area (Å²) < 4.78 is 0. The molecule has 0 aliphatic heterocycles. The molecule has 0 amide bonds. The van der Waals surface area contributed by atoms with E-state index in [1.807, 2.05) is 12.1 Å². The van der Waals surface area contributed by atoms with E-state index in [0.29, 0.717) is 5.92 Å². The average molecular weight is 244 g/mol. The first-order valence-corrected chi connectivity index (χ1v) is 6.20. The Hall–Kier alpha value is -1.27. The third-order valence-corrected chi connectivity index (χ3v) is 3.29. The Morgan fingerprint density at radius 1 is 0.941 bits per heavy atom. The lowest BCUT2D eigenvalue weighted by atomic mass is 9.89. The van der Waals surface area contributed by atoms with Crippen molar-refractivity contribution in [3.05, 3.63) is 77.2 Å². The Kier molecular flexibility index (Phi) is 3.86. The van der Waals surface area contributed by atoms with Gasteiger partial charge in [0.25, 0.3) is 0 Å². The highest BCUT2D eigenvalue weighted by atomic mass is 35.5. The Balaban J connectivity index is 2.33. The van der Waals surface area contributed by atoms with E-state index in [2.05, 4.69) is 50.2 Å². The first-order chi connectivity index (χ1) is 8.20. The predicted octanol–water partition coefficient (Wildman–Crippen LogP) is 5.00. The summed E-state index contributed by atoms with van der Waals surface area (Å²) in [5.74, 6) is 0.355.